The fraction of sp³-hybridized carbons (Fsp3) is 0.760. The number of nitrogens with zero attached hydrogens (tertiary/aromatic N) is 3. The molecule has 5 unspecified atom stereocenters. The third-order valence-electron chi connectivity index (χ3n) is 7.08. The Morgan fingerprint density at radius 1 is 0.975 bits per heavy atom. The number of hydrogen-bond donors (Lipinski definition) is 7. The van der Waals surface area contributed by atoms with Crippen molar-refractivity contribution in [1.29, 1.82) is 0 Å². The van der Waals surface area contributed by atoms with Crippen molar-refractivity contribution >= 4 is 35.6 Å². The lowest BCUT2D eigenvalue weighted by atomic mass is 10.0. The number of aliphatic imine (C=N–C) groups is 1. The van der Waals surface area contributed by atoms with E-state index in [0.29, 0.717) is 45.2 Å². The van der Waals surface area contributed by atoms with Gasteiger partial charge in [0.25, 0.3) is 0 Å². The number of carbonyl (C=O) groups excluding carboxylic acids is 4. The van der Waals surface area contributed by atoms with Gasteiger partial charge in [-0.2, -0.15) is 0 Å². The van der Waals surface area contributed by atoms with Crippen LogP contribution in [-0.2, 0) is 24.0 Å². The predicted molar refractivity (Wildman–Crippen MR) is 145 cm³/mol. The standard InChI is InChI=1S/C25H44N8O7/c1-14(2)12-15(26)22(37)33-11-5-8-19(33)23(38)32-10-4-7-18(32)21(36)31-17(13-34)20(35)30-16(24(39)40)6-3-9-29-25(27)28/h14-19,34H,3-13,26H2,1-2H3,(H,30,35)(H,31,36)(H,39,40)(H4,27,28,29). The molecule has 0 radical (unpaired) electrons. The molecule has 0 bridgehead atoms. The molecule has 0 aromatic heterocycles. The van der Waals surface area contributed by atoms with Crippen LogP contribution in [0.2, 0.25) is 0 Å². The van der Waals surface area contributed by atoms with E-state index in [1.165, 1.54) is 9.80 Å². The topological polar surface area (TPSA) is 247 Å². The molecule has 0 saturated carbocycles. The Hall–Kier alpha value is -3.46. The van der Waals surface area contributed by atoms with Gasteiger partial charge in [-0.05, 0) is 50.9 Å². The molecule has 226 valence electrons. The third kappa shape index (κ3) is 9.05. The minimum atomic E-state index is -1.43. The summed E-state index contributed by atoms with van der Waals surface area (Å²) in [5.41, 5.74) is 16.6. The monoisotopic (exact) mass is 568 g/mol. The quantitative estimate of drug-likeness (QED) is 0.0656. The fourth-order valence-electron chi connectivity index (χ4n) is 5.10. The van der Waals surface area contributed by atoms with Crippen LogP contribution in [0.4, 0.5) is 0 Å². The van der Waals surface area contributed by atoms with Crippen molar-refractivity contribution in [2.24, 2.45) is 28.1 Å². The smallest absolute Gasteiger partial charge is 0.326 e. The number of rotatable bonds is 14. The lowest BCUT2D eigenvalue weighted by Gasteiger charge is -2.32. The van der Waals surface area contributed by atoms with Crippen molar-refractivity contribution < 1.29 is 34.2 Å². The summed E-state index contributed by atoms with van der Waals surface area (Å²) >= 11 is 0. The van der Waals surface area contributed by atoms with Crippen LogP contribution in [0.5, 0.6) is 0 Å². The Balaban J connectivity index is 2.02. The Morgan fingerprint density at radius 2 is 1.60 bits per heavy atom. The van der Waals surface area contributed by atoms with Gasteiger partial charge in [-0.25, -0.2) is 4.79 Å². The van der Waals surface area contributed by atoms with Gasteiger partial charge in [0.2, 0.25) is 23.6 Å². The van der Waals surface area contributed by atoms with Crippen LogP contribution in [0.25, 0.3) is 0 Å². The summed E-state index contributed by atoms with van der Waals surface area (Å²) in [6, 6.07) is -5.04. The molecule has 2 aliphatic rings. The lowest BCUT2D eigenvalue weighted by molar-refractivity contribution is -0.147. The number of carbonyl (C=O) groups is 5. The molecular weight excluding hydrogens is 524 g/mol. The minimum absolute atomic E-state index is 0.0201. The number of hydrogen-bond acceptors (Lipinski definition) is 8. The highest BCUT2D eigenvalue weighted by Crippen LogP contribution is 2.26. The largest absolute Gasteiger partial charge is 0.480 e. The summed E-state index contributed by atoms with van der Waals surface area (Å²) in [5, 5.41) is 24.0. The van der Waals surface area contributed by atoms with Gasteiger partial charge in [-0.3, -0.25) is 24.2 Å². The van der Waals surface area contributed by atoms with Gasteiger partial charge in [-0.1, -0.05) is 13.8 Å². The van der Waals surface area contributed by atoms with Crippen LogP contribution < -0.4 is 27.8 Å². The molecule has 2 fully saturated rings. The number of guanidine groups is 1. The SMILES string of the molecule is CC(C)CC(N)C(=O)N1CCCC1C(=O)N1CCCC1C(=O)NC(CO)C(=O)NC(CCCN=C(N)N)C(=O)O. The number of aliphatic hydroxyl groups excluding tert-OH is 1. The maximum Gasteiger partial charge on any atom is 0.326 e. The molecule has 2 aliphatic heterocycles. The summed E-state index contributed by atoms with van der Waals surface area (Å²) < 4.78 is 0. The zero-order valence-corrected chi connectivity index (χ0v) is 23.3. The second-order valence-electron chi connectivity index (χ2n) is 10.7. The minimum Gasteiger partial charge on any atom is -0.480 e. The van der Waals surface area contributed by atoms with E-state index in [-0.39, 0.29) is 43.1 Å². The second kappa shape index (κ2) is 15.4. The number of carboxylic acid groups (broad SMARTS) is 1. The molecule has 2 saturated heterocycles. The van der Waals surface area contributed by atoms with Gasteiger partial charge in [0.05, 0.1) is 12.6 Å². The number of nitrogens with two attached hydrogens (primary N) is 3. The maximum atomic E-state index is 13.5. The summed E-state index contributed by atoms with van der Waals surface area (Å²) in [6.45, 7) is 4.03. The van der Waals surface area contributed by atoms with Gasteiger partial charge >= 0.3 is 5.97 Å². The Bertz CT molecular complexity index is 955. The van der Waals surface area contributed by atoms with Gasteiger partial charge in [0, 0.05) is 19.6 Å². The highest BCUT2D eigenvalue weighted by molar-refractivity contribution is 5.96. The van der Waals surface area contributed by atoms with Crippen molar-refractivity contribution in [2.45, 2.75) is 89.0 Å². The lowest BCUT2D eigenvalue weighted by Crippen LogP contribution is -2.58. The Kier molecular flexibility index (Phi) is 12.6. The first-order valence-corrected chi connectivity index (χ1v) is 13.7. The number of aliphatic carboxylic acids is 1. The van der Waals surface area contributed by atoms with E-state index < -0.39 is 54.6 Å². The van der Waals surface area contributed by atoms with Gasteiger partial charge in [-0.15, -0.1) is 0 Å². The van der Waals surface area contributed by atoms with Crippen molar-refractivity contribution in [2.75, 3.05) is 26.2 Å². The van der Waals surface area contributed by atoms with Crippen LogP contribution in [0.3, 0.4) is 0 Å². The van der Waals surface area contributed by atoms with Crippen molar-refractivity contribution in [1.82, 2.24) is 20.4 Å². The van der Waals surface area contributed by atoms with Crippen molar-refractivity contribution in [3.05, 3.63) is 0 Å². The summed E-state index contributed by atoms with van der Waals surface area (Å²) in [7, 11) is 0. The Labute approximate surface area is 233 Å². The molecule has 40 heavy (non-hydrogen) atoms. The zero-order chi connectivity index (χ0) is 30.0. The van der Waals surface area contributed by atoms with Crippen LogP contribution in [0.15, 0.2) is 4.99 Å². The molecule has 10 N–H and O–H groups in total. The first-order valence-electron chi connectivity index (χ1n) is 13.7. The van der Waals surface area contributed by atoms with Crippen molar-refractivity contribution in [3.63, 3.8) is 0 Å². The van der Waals surface area contributed by atoms with Crippen LogP contribution >= 0.6 is 0 Å². The molecule has 0 aliphatic carbocycles. The molecule has 0 aromatic rings. The molecule has 4 amide bonds. The molecule has 0 aromatic carbocycles. The average molecular weight is 569 g/mol. The summed E-state index contributed by atoms with van der Waals surface area (Å²) in [5.74, 6) is -3.38. The molecule has 5 atom stereocenters. The van der Waals surface area contributed by atoms with E-state index in [0.717, 1.165) is 0 Å². The van der Waals surface area contributed by atoms with Crippen LogP contribution in [-0.4, -0.2) is 112 Å². The summed E-state index contributed by atoms with van der Waals surface area (Å²) in [4.78, 5) is 70.6. The maximum absolute atomic E-state index is 13.5. The normalized spacial score (nSPS) is 21.0. The van der Waals surface area contributed by atoms with E-state index >= 15 is 0 Å². The molecular formula is C25H44N8O7. The molecule has 15 heteroatoms. The fourth-order valence-corrected chi connectivity index (χ4v) is 5.10. The highest BCUT2D eigenvalue weighted by atomic mass is 16.4. The number of aliphatic hydroxyl groups is 1. The first-order chi connectivity index (χ1) is 18.9. The van der Waals surface area contributed by atoms with Gasteiger partial charge in [0.15, 0.2) is 5.96 Å². The van der Waals surface area contributed by atoms with Crippen LogP contribution in [0.1, 0.15) is 58.8 Å². The van der Waals surface area contributed by atoms with Gasteiger partial charge in [0.1, 0.15) is 24.2 Å². The molecule has 0 spiro atoms. The number of amides is 4. The van der Waals surface area contributed by atoms with Crippen molar-refractivity contribution in [3.8, 4) is 0 Å². The van der Waals surface area contributed by atoms with E-state index in [4.69, 9.17) is 17.2 Å². The molecule has 2 heterocycles. The van der Waals surface area contributed by atoms with Crippen LogP contribution in [0, 0.1) is 5.92 Å². The van der Waals surface area contributed by atoms with Gasteiger partial charge < -0.3 is 47.8 Å². The molecule has 15 nitrogen and oxygen atoms in total. The van der Waals surface area contributed by atoms with E-state index in [2.05, 4.69) is 15.6 Å². The van der Waals surface area contributed by atoms with E-state index in [1.54, 1.807) is 0 Å². The second-order valence-corrected chi connectivity index (χ2v) is 10.7. The zero-order valence-electron chi connectivity index (χ0n) is 23.3. The number of likely N-dealkylation sites (tertiary alicyclic amines) is 2. The third-order valence-corrected chi connectivity index (χ3v) is 7.08. The number of carboxylic acids is 1. The molecule has 2 rings (SSSR count). The number of nitrogens with one attached hydrogen (secondary N) is 2. The van der Waals surface area contributed by atoms with E-state index in [9.17, 15) is 34.2 Å². The predicted octanol–water partition coefficient (Wildman–Crippen LogP) is -2.56. The summed E-state index contributed by atoms with van der Waals surface area (Å²) in [6.07, 6.45) is 2.78. The highest BCUT2D eigenvalue weighted by Gasteiger charge is 2.43. The first kappa shape index (κ1) is 32.8. The average Bonchev–Trinajstić information content (AvgIpc) is 3.57. The van der Waals surface area contributed by atoms with E-state index in [1.807, 2.05) is 13.8 Å². The Morgan fingerprint density at radius 3 is 2.17 bits per heavy atom.